The highest BCUT2D eigenvalue weighted by molar-refractivity contribution is 6.30. The molecule has 0 aliphatic heterocycles. The first-order chi connectivity index (χ1) is 8.17. The van der Waals surface area contributed by atoms with Gasteiger partial charge in [0.25, 0.3) is 0 Å². The number of anilines is 1. The van der Waals surface area contributed by atoms with Crippen LogP contribution < -0.4 is 15.4 Å². The van der Waals surface area contributed by atoms with E-state index in [0.29, 0.717) is 36.0 Å². The predicted octanol–water partition coefficient (Wildman–Crippen LogP) is 2.29. The Balaban J connectivity index is 2.72. The molecule has 5 heteroatoms. The average Bonchev–Trinajstić information content (AvgIpc) is 2.30. The zero-order valence-corrected chi connectivity index (χ0v) is 10.8. The minimum atomic E-state index is -0.0531. The molecule has 2 N–H and O–H groups in total. The number of halogens is 1. The van der Waals surface area contributed by atoms with Gasteiger partial charge in [-0.3, -0.25) is 4.79 Å². The van der Waals surface area contributed by atoms with Crippen LogP contribution in [-0.2, 0) is 4.79 Å². The van der Waals surface area contributed by atoms with Crippen molar-refractivity contribution in [1.82, 2.24) is 5.32 Å². The third-order valence-electron chi connectivity index (χ3n) is 2.12. The van der Waals surface area contributed by atoms with E-state index in [2.05, 4.69) is 10.6 Å². The highest BCUT2D eigenvalue weighted by atomic mass is 35.5. The van der Waals surface area contributed by atoms with Crippen LogP contribution in [0, 0.1) is 0 Å². The fourth-order valence-electron chi connectivity index (χ4n) is 1.33. The fraction of sp³-hybridized carbons (Fsp3) is 0.417. The molecule has 0 heterocycles. The van der Waals surface area contributed by atoms with Crippen molar-refractivity contribution in [2.75, 3.05) is 25.5 Å². The van der Waals surface area contributed by atoms with Crippen LogP contribution in [0.4, 0.5) is 5.69 Å². The Morgan fingerprint density at radius 3 is 2.88 bits per heavy atom. The molecule has 1 rings (SSSR count). The third kappa shape index (κ3) is 4.63. The highest BCUT2D eigenvalue weighted by Gasteiger charge is 2.08. The highest BCUT2D eigenvalue weighted by Crippen LogP contribution is 2.28. The Labute approximate surface area is 106 Å². The maximum absolute atomic E-state index is 11.6. The molecule has 1 amide bonds. The molecule has 17 heavy (non-hydrogen) atoms. The van der Waals surface area contributed by atoms with Gasteiger partial charge in [0.1, 0.15) is 5.75 Å². The van der Waals surface area contributed by atoms with Gasteiger partial charge in [-0.1, -0.05) is 11.6 Å². The van der Waals surface area contributed by atoms with Gasteiger partial charge in [-0.05, 0) is 26.1 Å². The molecule has 0 aliphatic rings. The molecule has 0 aliphatic carbocycles. The number of ether oxygens (including phenoxy) is 1. The largest absolute Gasteiger partial charge is 0.492 e. The van der Waals surface area contributed by atoms with Crippen molar-refractivity contribution in [2.45, 2.75) is 13.3 Å². The van der Waals surface area contributed by atoms with Crippen LogP contribution in [0.3, 0.4) is 0 Å². The second-order valence-electron chi connectivity index (χ2n) is 3.48. The Hall–Kier alpha value is -1.26. The summed E-state index contributed by atoms with van der Waals surface area (Å²) in [5.74, 6) is 0.542. The number of carbonyl (C=O) groups is 1. The second kappa shape index (κ2) is 7.14. The molecule has 0 atom stereocenters. The topological polar surface area (TPSA) is 50.4 Å². The van der Waals surface area contributed by atoms with Crippen LogP contribution in [0.5, 0.6) is 5.75 Å². The first-order valence-electron chi connectivity index (χ1n) is 5.54. The number of hydrogen-bond donors (Lipinski definition) is 2. The molecular weight excluding hydrogens is 240 g/mol. The lowest BCUT2D eigenvalue weighted by molar-refractivity contribution is -0.116. The second-order valence-corrected chi connectivity index (χ2v) is 3.91. The van der Waals surface area contributed by atoms with Crippen molar-refractivity contribution in [2.24, 2.45) is 0 Å². The molecule has 0 aromatic heterocycles. The summed E-state index contributed by atoms with van der Waals surface area (Å²) < 4.78 is 5.41. The van der Waals surface area contributed by atoms with Crippen LogP contribution >= 0.6 is 11.6 Å². The zero-order chi connectivity index (χ0) is 12.7. The van der Waals surface area contributed by atoms with Crippen LogP contribution in [0.1, 0.15) is 13.3 Å². The average molecular weight is 257 g/mol. The molecular formula is C12H17ClN2O2. The summed E-state index contributed by atoms with van der Waals surface area (Å²) in [4.78, 5) is 11.6. The Kier molecular flexibility index (Phi) is 5.80. The van der Waals surface area contributed by atoms with Crippen LogP contribution in [0.2, 0.25) is 5.02 Å². The Morgan fingerprint density at radius 2 is 2.24 bits per heavy atom. The SMILES string of the molecule is CCOc1cc(Cl)ccc1NC(=O)CCNC. The van der Waals surface area contributed by atoms with Crippen molar-refractivity contribution in [3.63, 3.8) is 0 Å². The van der Waals surface area contributed by atoms with Gasteiger partial charge in [-0.2, -0.15) is 0 Å². The minimum absolute atomic E-state index is 0.0531. The summed E-state index contributed by atoms with van der Waals surface area (Å²) in [5.41, 5.74) is 0.650. The van der Waals surface area contributed by atoms with E-state index in [1.807, 2.05) is 6.92 Å². The van der Waals surface area contributed by atoms with Gasteiger partial charge < -0.3 is 15.4 Å². The summed E-state index contributed by atoms with van der Waals surface area (Å²) >= 11 is 5.87. The molecule has 1 aromatic carbocycles. The summed E-state index contributed by atoms with van der Waals surface area (Å²) in [6.07, 6.45) is 0.421. The standard InChI is InChI=1S/C12H17ClN2O2/c1-3-17-11-8-9(13)4-5-10(11)15-12(16)6-7-14-2/h4-5,8,14H,3,6-7H2,1-2H3,(H,15,16). The van der Waals surface area contributed by atoms with E-state index in [1.54, 1.807) is 25.2 Å². The number of nitrogens with one attached hydrogen (secondary N) is 2. The van der Waals surface area contributed by atoms with Gasteiger partial charge >= 0.3 is 0 Å². The fourth-order valence-corrected chi connectivity index (χ4v) is 1.49. The summed E-state index contributed by atoms with van der Waals surface area (Å²) in [6, 6.07) is 5.15. The van der Waals surface area contributed by atoms with E-state index in [1.165, 1.54) is 0 Å². The monoisotopic (exact) mass is 256 g/mol. The maximum Gasteiger partial charge on any atom is 0.225 e. The van der Waals surface area contributed by atoms with Crippen molar-refractivity contribution >= 4 is 23.2 Å². The lowest BCUT2D eigenvalue weighted by atomic mass is 10.2. The minimum Gasteiger partial charge on any atom is -0.492 e. The van der Waals surface area contributed by atoms with Gasteiger partial charge in [0, 0.05) is 24.1 Å². The molecule has 0 saturated carbocycles. The van der Waals surface area contributed by atoms with E-state index in [4.69, 9.17) is 16.3 Å². The smallest absolute Gasteiger partial charge is 0.225 e. The Morgan fingerprint density at radius 1 is 1.47 bits per heavy atom. The van der Waals surface area contributed by atoms with Crippen LogP contribution in [0.25, 0.3) is 0 Å². The Bertz CT molecular complexity index is 383. The van der Waals surface area contributed by atoms with Gasteiger partial charge in [0.15, 0.2) is 0 Å². The van der Waals surface area contributed by atoms with Gasteiger partial charge in [-0.15, -0.1) is 0 Å². The van der Waals surface area contributed by atoms with Crippen molar-refractivity contribution in [3.05, 3.63) is 23.2 Å². The lowest BCUT2D eigenvalue weighted by Gasteiger charge is -2.11. The lowest BCUT2D eigenvalue weighted by Crippen LogP contribution is -2.19. The molecule has 4 nitrogen and oxygen atoms in total. The first-order valence-corrected chi connectivity index (χ1v) is 5.92. The number of carbonyl (C=O) groups excluding carboxylic acids is 1. The number of rotatable bonds is 6. The van der Waals surface area contributed by atoms with Gasteiger partial charge in [0.05, 0.1) is 12.3 Å². The van der Waals surface area contributed by atoms with E-state index in [9.17, 15) is 4.79 Å². The summed E-state index contributed by atoms with van der Waals surface area (Å²) in [7, 11) is 1.81. The van der Waals surface area contributed by atoms with Crippen molar-refractivity contribution < 1.29 is 9.53 Å². The third-order valence-corrected chi connectivity index (χ3v) is 2.35. The van der Waals surface area contributed by atoms with Crippen LogP contribution in [-0.4, -0.2) is 26.1 Å². The van der Waals surface area contributed by atoms with E-state index in [-0.39, 0.29) is 5.91 Å². The van der Waals surface area contributed by atoms with E-state index >= 15 is 0 Å². The summed E-state index contributed by atoms with van der Waals surface area (Å²) in [6.45, 7) is 3.05. The number of benzene rings is 1. The number of hydrogen-bond acceptors (Lipinski definition) is 3. The quantitative estimate of drug-likeness (QED) is 0.821. The molecule has 0 bridgehead atoms. The normalized spacial score (nSPS) is 10.1. The molecule has 0 radical (unpaired) electrons. The molecule has 0 saturated heterocycles. The molecule has 0 unspecified atom stereocenters. The van der Waals surface area contributed by atoms with E-state index in [0.717, 1.165) is 0 Å². The van der Waals surface area contributed by atoms with Crippen molar-refractivity contribution in [1.29, 1.82) is 0 Å². The number of amides is 1. The first kappa shape index (κ1) is 13.8. The molecule has 1 aromatic rings. The van der Waals surface area contributed by atoms with Gasteiger partial charge in [-0.25, -0.2) is 0 Å². The molecule has 0 spiro atoms. The zero-order valence-electron chi connectivity index (χ0n) is 10.0. The predicted molar refractivity (Wildman–Crippen MR) is 69.8 cm³/mol. The van der Waals surface area contributed by atoms with Crippen LogP contribution in [0.15, 0.2) is 18.2 Å². The van der Waals surface area contributed by atoms with Gasteiger partial charge in [0.2, 0.25) is 5.91 Å². The molecule has 94 valence electrons. The van der Waals surface area contributed by atoms with Crippen molar-refractivity contribution in [3.8, 4) is 5.75 Å². The summed E-state index contributed by atoms with van der Waals surface area (Å²) in [5, 5.41) is 6.30. The maximum atomic E-state index is 11.6. The molecule has 0 fully saturated rings. The van der Waals surface area contributed by atoms with E-state index < -0.39 is 0 Å².